The van der Waals surface area contributed by atoms with E-state index in [1.165, 1.54) is 6.07 Å². The lowest BCUT2D eigenvalue weighted by atomic mass is 10.0. The first-order chi connectivity index (χ1) is 21.1. The summed E-state index contributed by atoms with van der Waals surface area (Å²) in [6.07, 6.45) is 2.00. The summed E-state index contributed by atoms with van der Waals surface area (Å²) < 4.78 is 39.4. The SMILES string of the molecule is Cc1cc(C#N)cc(OCOCC[Si](C)(C)C)c1-c1cc(F)c2oc(N[C@@H]3CCCN(CCO[Si](C)(C)C(C)(C)C)C3)nc2n1. The average Bonchev–Trinajstić information content (AvgIpc) is 3.34. The van der Waals surface area contributed by atoms with Crippen molar-refractivity contribution in [3.63, 3.8) is 0 Å². The molecule has 1 fully saturated rings. The highest BCUT2D eigenvalue weighted by Gasteiger charge is 2.37. The smallest absolute Gasteiger partial charge is 0.297 e. The zero-order chi connectivity index (χ0) is 33.0. The molecule has 12 heteroatoms. The maximum atomic E-state index is 15.4. The first kappa shape index (κ1) is 35.0. The van der Waals surface area contributed by atoms with Gasteiger partial charge in [-0.2, -0.15) is 10.2 Å². The van der Waals surface area contributed by atoms with Crippen LogP contribution in [0.25, 0.3) is 22.5 Å². The Morgan fingerprint density at radius 2 is 1.89 bits per heavy atom. The fraction of sp³-hybridized carbons (Fsp3) is 0.606. The zero-order valence-corrected chi connectivity index (χ0v) is 30.5. The summed E-state index contributed by atoms with van der Waals surface area (Å²) in [5.41, 5.74) is 2.28. The maximum Gasteiger partial charge on any atom is 0.297 e. The molecule has 3 heterocycles. The normalized spacial score (nSPS) is 16.6. The highest BCUT2D eigenvalue weighted by atomic mass is 28.4. The molecule has 246 valence electrons. The van der Waals surface area contributed by atoms with Gasteiger partial charge in [-0.15, -0.1) is 0 Å². The Kier molecular flexibility index (Phi) is 11.1. The number of fused-ring (bicyclic) bond motifs is 1. The third-order valence-electron chi connectivity index (χ3n) is 8.80. The van der Waals surface area contributed by atoms with Crippen molar-refractivity contribution in [2.75, 3.05) is 45.0 Å². The number of piperidine rings is 1. The first-order valence-corrected chi connectivity index (χ1v) is 22.5. The van der Waals surface area contributed by atoms with Crippen molar-refractivity contribution in [2.45, 2.75) is 90.4 Å². The number of nitriles is 1. The van der Waals surface area contributed by atoms with E-state index < -0.39 is 22.2 Å². The minimum Gasteiger partial charge on any atom is -0.467 e. The number of ether oxygens (including phenoxy) is 2. The minimum atomic E-state index is -1.79. The van der Waals surface area contributed by atoms with E-state index in [0.29, 0.717) is 29.2 Å². The summed E-state index contributed by atoms with van der Waals surface area (Å²) in [4.78, 5) is 11.6. The number of oxazole rings is 1. The molecule has 3 aromatic rings. The van der Waals surface area contributed by atoms with Crippen LogP contribution in [0.4, 0.5) is 10.4 Å². The van der Waals surface area contributed by atoms with E-state index in [2.05, 4.69) is 79.8 Å². The number of hydrogen-bond acceptors (Lipinski definition) is 9. The lowest BCUT2D eigenvalue weighted by molar-refractivity contribution is 0.0223. The molecule has 0 aliphatic carbocycles. The maximum absolute atomic E-state index is 15.4. The fourth-order valence-corrected chi connectivity index (χ4v) is 6.86. The molecule has 1 saturated heterocycles. The first-order valence-electron chi connectivity index (χ1n) is 15.9. The number of aromatic nitrogens is 2. The Hall–Kier alpha value is -2.83. The van der Waals surface area contributed by atoms with Gasteiger partial charge in [0, 0.05) is 52.0 Å². The van der Waals surface area contributed by atoms with Crippen molar-refractivity contribution in [2.24, 2.45) is 0 Å². The standard InChI is InChI=1S/C33H50FN5O4Si2/c1-23-17-24(20-35)18-28(41-22-40-15-16-44(5,6)7)29(23)27-19-26(34)30-31(37-27)38-32(43-30)36-25-11-10-12-39(21-25)13-14-42-45(8,9)33(2,3)4/h17-19,25H,10-16,21-22H2,1-9H3,(H,36,37,38)/t25-/m1/s1. The Morgan fingerprint density at radius 1 is 1.13 bits per heavy atom. The van der Waals surface area contributed by atoms with Gasteiger partial charge in [0.2, 0.25) is 11.2 Å². The van der Waals surface area contributed by atoms with Gasteiger partial charge in [0.05, 0.1) is 17.3 Å². The van der Waals surface area contributed by atoms with Crippen molar-refractivity contribution in [3.8, 4) is 23.1 Å². The molecule has 0 spiro atoms. The number of nitrogens with one attached hydrogen (secondary N) is 1. The molecule has 0 bridgehead atoms. The van der Waals surface area contributed by atoms with Gasteiger partial charge in [0.25, 0.3) is 6.01 Å². The van der Waals surface area contributed by atoms with Gasteiger partial charge < -0.3 is 23.6 Å². The van der Waals surface area contributed by atoms with Gasteiger partial charge in [0.15, 0.2) is 20.9 Å². The number of hydrogen-bond donors (Lipinski definition) is 1. The molecule has 1 aliphatic rings. The van der Waals surface area contributed by atoms with E-state index in [-0.39, 0.29) is 35.1 Å². The number of likely N-dealkylation sites (tertiary alicyclic amines) is 1. The quantitative estimate of drug-likeness (QED) is 0.112. The molecule has 9 nitrogen and oxygen atoms in total. The zero-order valence-electron chi connectivity index (χ0n) is 28.5. The third kappa shape index (κ3) is 9.36. The number of aryl methyl sites for hydroxylation is 1. The lowest BCUT2D eigenvalue weighted by Crippen LogP contribution is -2.46. The second-order valence-electron chi connectivity index (χ2n) is 14.8. The van der Waals surface area contributed by atoms with Gasteiger partial charge >= 0.3 is 0 Å². The van der Waals surface area contributed by atoms with Crippen molar-refractivity contribution < 1.29 is 22.7 Å². The number of halogens is 1. The van der Waals surface area contributed by atoms with Gasteiger partial charge in [-0.3, -0.25) is 4.90 Å². The number of benzene rings is 1. The Balaban J connectivity index is 1.46. The number of anilines is 1. The second kappa shape index (κ2) is 14.3. The molecule has 0 unspecified atom stereocenters. The topological polar surface area (TPSA) is 106 Å². The van der Waals surface area contributed by atoms with E-state index in [1.54, 1.807) is 12.1 Å². The van der Waals surface area contributed by atoms with Crippen LogP contribution in [0.15, 0.2) is 22.6 Å². The monoisotopic (exact) mass is 655 g/mol. The van der Waals surface area contributed by atoms with Crippen molar-refractivity contribution >= 4 is 33.6 Å². The van der Waals surface area contributed by atoms with Gasteiger partial charge in [-0.25, -0.2) is 9.37 Å². The van der Waals surface area contributed by atoms with E-state index in [0.717, 1.165) is 50.7 Å². The fourth-order valence-electron chi connectivity index (χ4n) is 5.07. The van der Waals surface area contributed by atoms with Gasteiger partial charge in [-0.05, 0) is 68.2 Å². The molecule has 1 aliphatic heterocycles. The molecule has 4 rings (SSSR count). The van der Waals surface area contributed by atoms with Gasteiger partial charge in [-0.1, -0.05) is 40.4 Å². The average molecular weight is 656 g/mol. The predicted octanol–water partition coefficient (Wildman–Crippen LogP) is 7.80. The molecule has 1 aromatic carbocycles. The van der Waals surface area contributed by atoms with Crippen LogP contribution in [-0.4, -0.2) is 76.9 Å². The summed E-state index contributed by atoms with van der Waals surface area (Å²) in [7, 11) is -3.03. The Bertz CT molecular complexity index is 1510. The largest absolute Gasteiger partial charge is 0.467 e. The molecular weight excluding hydrogens is 606 g/mol. The summed E-state index contributed by atoms with van der Waals surface area (Å²) in [5, 5.41) is 13.1. The summed E-state index contributed by atoms with van der Waals surface area (Å²) in [6.45, 7) is 24.1. The lowest BCUT2D eigenvalue weighted by Gasteiger charge is -2.38. The van der Waals surface area contributed by atoms with E-state index in [4.69, 9.17) is 18.3 Å². The van der Waals surface area contributed by atoms with Crippen LogP contribution in [0.1, 0.15) is 44.7 Å². The van der Waals surface area contributed by atoms with Crippen LogP contribution < -0.4 is 10.1 Å². The summed E-state index contributed by atoms with van der Waals surface area (Å²) >= 11 is 0. The predicted molar refractivity (Wildman–Crippen MR) is 182 cm³/mol. The highest BCUT2D eigenvalue weighted by molar-refractivity contribution is 6.76. The van der Waals surface area contributed by atoms with E-state index in [9.17, 15) is 5.26 Å². The van der Waals surface area contributed by atoms with Crippen molar-refractivity contribution in [1.29, 1.82) is 5.26 Å². The van der Waals surface area contributed by atoms with E-state index >= 15 is 4.39 Å². The number of rotatable bonds is 13. The van der Waals surface area contributed by atoms with Crippen LogP contribution in [0.3, 0.4) is 0 Å². The molecule has 0 radical (unpaired) electrons. The Morgan fingerprint density at radius 3 is 2.58 bits per heavy atom. The summed E-state index contributed by atoms with van der Waals surface area (Å²) in [5.74, 6) is -0.155. The van der Waals surface area contributed by atoms with Crippen LogP contribution in [0.5, 0.6) is 5.75 Å². The molecule has 0 saturated carbocycles. The van der Waals surface area contributed by atoms with Crippen LogP contribution >= 0.6 is 0 Å². The molecule has 0 amide bonds. The number of pyridine rings is 1. The molecule has 1 atom stereocenters. The van der Waals surface area contributed by atoms with Crippen LogP contribution in [-0.2, 0) is 9.16 Å². The molecule has 1 N–H and O–H groups in total. The number of nitrogens with zero attached hydrogens (tertiary/aromatic N) is 4. The second-order valence-corrected chi connectivity index (χ2v) is 25.2. The molecule has 45 heavy (non-hydrogen) atoms. The van der Waals surface area contributed by atoms with Crippen LogP contribution in [0.2, 0.25) is 43.8 Å². The Labute approximate surface area is 269 Å². The van der Waals surface area contributed by atoms with E-state index in [1.807, 2.05) is 6.92 Å². The van der Waals surface area contributed by atoms with Gasteiger partial charge in [0.1, 0.15) is 5.75 Å². The van der Waals surface area contributed by atoms with Crippen molar-refractivity contribution in [3.05, 3.63) is 35.1 Å². The van der Waals surface area contributed by atoms with Crippen LogP contribution in [0, 0.1) is 24.1 Å². The molecule has 2 aromatic heterocycles. The summed E-state index contributed by atoms with van der Waals surface area (Å²) in [6, 6.07) is 8.24. The van der Waals surface area contributed by atoms with Crippen molar-refractivity contribution in [1.82, 2.24) is 14.9 Å². The molecular formula is C33H50FN5O4Si2. The third-order valence-corrected chi connectivity index (χ3v) is 15.0. The highest BCUT2D eigenvalue weighted by Crippen LogP contribution is 2.37. The minimum absolute atomic E-state index is 0.000123.